The minimum atomic E-state index is -2.91. The van der Waals surface area contributed by atoms with Crippen molar-refractivity contribution < 1.29 is 47.6 Å². The minimum absolute atomic E-state index is 0.120. The Balaban J connectivity index is 0.000000164. The molecule has 25 heteroatoms. The Morgan fingerprint density at radius 1 is 0.418 bits per heavy atom. The third kappa shape index (κ3) is 36.9. The molecule has 17 rings (SSSR count). The number of rotatable bonds is 32. The number of carbonyl (C=O) groups is 1. The predicted molar refractivity (Wildman–Crippen MR) is 587 cm³/mol. The molecule has 1 saturated heterocycles. The smallest absolute Gasteiger partial charge is 0.240 e. The third-order valence-corrected chi connectivity index (χ3v) is 40.0. The van der Waals surface area contributed by atoms with Crippen molar-refractivity contribution in [3.63, 3.8) is 0 Å². The average Bonchev–Trinajstić information content (AvgIpc) is 1.67. The van der Waals surface area contributed by atoms with Gasteiger partial charge in [0.05, 0.1) is 44.2 Å². The van der Waals surface area contributed by atoms with E-state index in [0.29, 0.717) is 35.0 Å². The van der Waals surface area contributed by atoms with Gasteiger partial charge in [-0.2, -0.15) is 5.10 Å². The van der Waals surface area contributed by atoms with Gasteiger partial charge in [-0.05, 0) is 346 Å². The van der Waals surface area contributed by atoms with Gasteiger partial charge in [-0.3, -0.25) is 13.2 Å². The maximum Gasteiger partial charge on any atom is 0.240 e. The summed E-state index contributed by atoms with van der Waals surface area (Å²) < 4.78 is 120. The van der Waals surface area contributed by atoms with Crippen molar-refractivity contribution in [3.8, 4) is 22.6 Å². The van der Waals surface area contributed by atoms with E-state index >= 15 is 0 Å². The molecule has 5 aliphatic carbocycles. The van der Waals surface area contributed by atoms with E-state index in [1.165, 1.54) is 213 Å². The first-order valence-electron chi connectivity index (χ1n) is 53.0. The summed E-state index contributed by atoms with van der Waals surface area (Å²) in [5.74, 6) is 8.03. The predicted octanol–water partition coefficient (Wildman–Crippen LogP) is 26.0. The highest BCUT2D eigenvalue weighted by molar-refractivity contribution is 7.92. The van der Waals surface area contributed by atoms with Crippen molar-refractivity contribution in [1.29, 1.82) is 0 Å². The zero-order valence-electron chi connectivity index (χ0n) is 86.4. The van der Waals surface area contributed by atoms with E-state index in [0.717, 1.165) is 149 Å². The molecule has 0 radical (unpaired) electrons. The zero-order chi connectivity index (χ0) is 101. The Morgan fingerprint density at radius 3 is 1.16 bits per heavy atom. The van der Waals surface area contributed by atoms with E-state index in [4.69, 9.17) is 5.73 Å². The number of hydrogen-bond acceptors (Lipinski definition) is 17. The topological polar surface area (TPSA) is 281 Å². The largest absolute Gasteiger partial charge is 0.772 e. The highest BCUT2D eigenvalue weighted by atomic mass is 32.2. The fraction of sp³-hybridized carbons (Fsp3) is 0.569. The van der Waals surface area contributed by atoms with Crippen LogP contribution in [-0.2, 0) is 95.0 Å². The van der Waals surface area contributed by atoms with Crippen LogP contribution in [-0.4, -0.2) is 135 Å². The van der Waals surface area contributed by atoms with Crippen molar-refractivity contribution in [2.24, 2.45) is 64.9 Å². The quantitative estimate of drug-likeness (QED) is 0.0383. The highest BCUT2D eigenvalue weighted by Crippen LogP contribution is 2.41. The first-order valence-corrected chi connectivity index (χ1v) is 61.3. The van der Waals surface area contributed by atoms with Gasteiger partial charge in [0.1, 0.15) is 11.7 Å². The van der Waals surface area contributed by atoms with E-state index in [9.17, 15) is 47.6 Å². The van der Waals surface area contributed by atoms with Crippen LogP contribution in [0.5, 0.6) is 0 Å². The van der Waals surface area contributed by atoms with Crippen molar-refractivity contribution in [3.05, 3.63) is 239 Å². The zero-order valence-corrected chi connectivity index (χ0v) is 91.3. The van der Waals surface area contributed by atoms with Gasteiger partial charge >= 0.3 is 0 Å². The van der Waals surface area contributed by atoms with Crippen LogP contribution >= 0.6 is 11.5 Å². The monoisotopic (exact) mass is 2040 g/mol. The molecule has 772 valence electrons. The third-order valence-electron chi connectivity index (χ3n) is 30.8. The van der Waals surface area contributed by atoms with E-state index in [1.807, 2.05) is 22.3 Å². The number of primary amides is 1. The maximum absolute atomic E-state index is 12.2. The summed E-state index contributed by atoms with van der Waals surface area (Å²) in [6.07, 6.45) is 45.8. The second-order valence-electron chi connectivity index (χ2n) is 43.0. The maximum atomic E-state index is 12.2. The van der Waals surface area contributed by atoms with E-state index in [-0.39, 0.29) is 38.2 Å². The fourth-order valence-corrected chi connectivity index (χ4v) is 25.5. The lowest BCUT2D eigenvalue weighted by Gasteiger charge is -2.29. The molecule has 5 saturated carbocycles. The molecule has 2 aliphatic heterocycles. The number of anilines is 3. The molecule has 10 aromatic rings. The van der Waals surface area contributed by atoms with Gasteiger partial charge in [0.25, 0.3) is 0 Å². The lowest BCUT2D eigenvalue weighted by atomic mass is 9.80. The van der Waals surface area contributed by atoms with E-state index in [1.54, 1.807) is 75.4 Å². The summed E-state index contributed by atoms with van der Waals surface area (Å²) in [6.45, 7) is 24.1. The first kappa shape index (κ1) is 113. The van der Waals surface area contributed by atoms with Crippen molar-refractivity contribution in [2.45, 2.75) is 327 Å². The molecule has 0 bridgehead atoms. The fourth-order valence-electron chi connectivity index (χ4n) is 20.9. The molecular formula is C116H164N8O11S6-2. The number of hydrogen-bond donors (Lipinski definition) is 1. The number of aryl methyl sites for hydroxylation is 5. The Kier molecular flexibility index (Phi) is 45.5. The number of nitrogens with zero attached hydrogens (tertiary/aromatic N) is 7. The van der Waals surface area contributed by atoms with Crippen LogP contribution in [0.3, 0.4) is 0 Å². The molecule has 3 aromatic heterocycles. The van der Waals surface area contributed by atoms with E-state index < -0.39 is 51.7 Å². The van der Waals surface area contributed by atoms with Crippen LogP contribution in [0.25, 0.3) is 33.5 Å². The van der Waals surface area contributed by atoms with Crippen molar-refractivity contribution in [1.82, 2.24) is 23.9 Å². The van der Waals surface area contributed by atoms with E-state index in [2.05, 4.69) is 225 Å². The van der Waals surface area contributed by atoms with Crippen LogP contribution in [0.15, 0.2) is 206 Å². The number of fused-ring (bicyclic) bond motifs is 2. The molecule has 7 aromatic carbocycles. The molecule has 7 aliphatic rings. The minimum Gasteiger partial charge on any atom is -0.772 e. The lowest BCUT2D eigenvalue weighted by molar-refractivity contribution is -0.119. The molecule has 19 nitrogen and oxygen atoms in total. The lowest BCUT2D eigenvalue weighted by Crippen LogP contribution is -2.40. The Bertz CT molecular complexity index is 5700. The number of carbonyl (C=O) groups excluding carboxylic acids is 1. The number of amides is 1. The van der Waals surface area contributed by atoms with Crippen LogP contribution in [0, 0.1) is 59.2 Å². The van der Waals surface area contributed by atoms with Gasteiger partial charge in [-0.15, -0.1) is 5.10 Å². The van der Waals surface area contributed by atoms with Crippen LogP contribution in [0.4, 0.5) is 17.1 Å². The summed E-state index contributed by atoms with van der Waals surface area (Å²) >= 11 is -2.33. The van der Waals surface area contributed by atoms with Gasteiger partial charge in [0, 0.05) is 75.9 Å². The molecule has 1 amide bonds. The molecule has 141 heavy (non-hydrogen) atoms. The molecule has 0 spiro atoms. The van der Waals surface area contributed by atoms with Crippen molar-refractivity contribution in [2.75, 3.05) is 40.1 Å². The Labute approximate surface area is 856 Å². The normalized spacial score (nSPS) is 21.9. The van der Waals surface area contributed by atoms with Gasteiger partial charge in [0.15, 0.2) is 29.5 Å². The van der Waals surface area contributed by atoms with Crippen LogP contribution < -0.4 is 15.5 Å². The highest BCUT2D eigenvalue weighted by Gasteiger charge is 2.33. The Morgan fingerprint density at radius 2 is 0.780 bits per heavy atom. The average molecular weight is 2040 g/mol. The summed E-state index contributed by atoms with van der Waals surface area (Å²) in [5.41, 5.74) is 23.5. The Hall–Kier alpha value is -8.01. The SMILES string of the molecule is CC(C)S(=O)(=O)CC1CCC(CCc2ccc(-n3ccc4ccccc43)cc2)CC1.CC(C)S(=O)(=O)CC1CCC(CCc2ccc(-n3cccn3)cc2)CC1.CC(C)S(=O)(=O)CC1CCC(CCc2ccc(N3CCc4ccccc43)cc2)CC1.CC(C)S(=O)[O-].CC(C)S(=O)[O-].CC1CCC(CCc2ccc(-c3csnn3)cc2)CC1.CC1CCC(CCc2ccc(N3CCC[C@H]3C(N)=O)cc2)CC1. The number of para-hydroxylation sites is 2. The van der Waals surface area contributed by atoms with Gasteiger partial charge in [0.2, 0.25) is 5.91 Å². The molecule has 3 atom stereocenters. The summed E-state index contributed by atoms with van der Waals surface area (Å²) in [5, 5.41) is 10.4. The summed E-state index contributed by atoms with van der Waals surface area (Å²) in [4.78, 5) is 16.1. The van der Waals surface area contributed by atoms with Gasteiger partial charge < -0.3 is 29.2 Å². The van der Waals surface area contributed by atoms with Crippen LogP contribution in [0.2, 0.25) is 0 Å². The second-order valence-corrected chi connectivity index (χ2v) is 54.3. The standard InChI is InChI=1S/C26H35NO2S.C26H33NO2S.C21H30N2O2S.C20H30N2O.C17H22N2S.2C3H8O2S/c2*1-20(2)30(28,29)19-23-11-9-21(10-12-23)7-8-22-13-15-25(16-14-22)27-18-17-24-5-3-4-6-26(24)27;1-17(2)26(24,25)16-20-8-6-18(7-9-20)4-5-19-10-12-21(13-11-19)23-15-3-14-22-23;1-15-4-6-16(7-5-15)8-9-17-10-12-18(13-11-17)22-14-2-3-19(22)20(21)23;1-13-2-4-14(5-3-13)6-7-15-8-10-16(11-9-15)17-12-20-19-18-17;2*1-3(2)6(4)5/h3-6,13-16,20-21,23H,7-12,17-19H2,1-2H3;3-6,13-18,20-21,23H,7-12,19H2,1-2H3;3,10-15,17-18,20H,4-9,16H2,1-2H3;10-13,15-16,19H,2-9,14H2,1H3,(H2,21,23);8-14H,2-7H2,1H3;2*3H,1-2H3,(H,4,5)/p-2/t;;;15?,16?,19-;;;/m...0.../s1. The molecule has 5 heterocycles. The summed E-state index contributed by atoms with van der Waals surface area (Å²) in [6, 6.07) is 65.5. The van der Waals surface area contributed by atoms with Crippen LogP contribution in [0.1, 0.15) is 290 Å². The second kappa shape index (κ2) is 56.6. The van der Waals surface area contributed by atoms with Gasteiger partial charge in [-0.25, -0.2) is 29.9 Å². The molecule has 6 fully saturated rings. The first-order chi connectivity index (χ1) is 67.5. The number of nitrogens with two attached hydrogens (primary N) is 1. The molecule has 2 unspecified atom stereocenters. The summed E-state index contributed by atoms with van der Waals surface area (Å²) in [7, 11) is -8.71. The van der Waals surface area contributed by atoms with Gasteiger partial charge in [-0.1, -0.05) is 267 Å². The van der Waals surface area contributed by atoms with Crippen molar-refractivity contribution >= 4 is 97.1 Å². The molecule has 2 N–H and O–H groups in total. The number of aromatic nitrogens is 5. The number of benzene rings is 7. The molecular weight excluding hydrogens is 1870 g/mol. The number of sulfone groups is 3.